The number of benzene rings is 1. The fraction of sp³-hybridized carbons (Fsp3) is 0.375. The Labute approximate surface area is 119 Å². The van der Waals surface area contributed by atoms with Gasteiger partial charge in [-0.15, -0.1) is 0 Å². The van der Waals surface area contributed by atoms with Gasteiger partial charge in [0.1, 0.15) is 0 Å². The van der Waals surface area contributed by atoms with E-state index in [1.165, 1.54) is 0 Å². The zero-order valence-electron chi connectivity index (χ0n) is 11.8. The molecule has 1 amide bonds. The molecule has 0 bridgehead atoms. The van der Waals surface area contributed by atoms with Gasteiger partial charge in [-0.3, -0.25) is 9.48 Å². The number of hydrogen-bond donors (Lipinski definition) is 1. The highest BCUT2D eigenvalue weighted by molar-refractivity contribution is 5.83. The first-order valence-electron chi connectivity index (χ1n) is 7.11. The predicted octanol–water partition coefficient (Wildman–Crippen LogP) is 2.58. The van der Waals surface area contributed by atoms with Crippen LogP contribution in [0, 0.1) is 0 Å². The summed E-state index contributed by atoms with van der Waals surface area (Å²) < 4.78 is 1.88. The van der Waals surface area contributed by atoms with Crippen molar-refractivity contribution in [3.63, 3.8) is 0 Å². The Balaban J connectivity index is 1.78. The fourth-order valence-corrected chi connectivity index (χ4v) is 2.27. The molecule has 0 spiro atoms. The molecule has 1 aromatic heterocycles. The van der Waals surface area contributed by atoms with Crippen molar-refractivity contribution < 1.29 is 4.79 Å². The lowest BCUT2D eigenvalue weighted by Gasteiger charge is -2.15. The van der Waals surface area contributed by atoms with Gasteiger partial charge in [0.25, 0.3) is 0 Å². The van der Waals surface area contributed by atoms with Crippen LogP contribution in [0.5, 0.6) is 0 Å². The van der Waals surface area contributed by atoms with Gasteiger partial charge in [-0.2, -0.15) is 5.10 Å². The van der Waals surface area contributed by atoms with E-state index in [0.717, 1.165) is 24.9 Å². The molecule has 20 heavy (non-hydrogen) atoms. The lowest BCUT2D eigenvalue weighted by molar-refractivity contribution is -0.122. The largest absolute Gasteiger partial charge is 0.356 e. The molecule has 0 aliphatic heterocycles. The lowest BCUT2D eigenvalue weighted by Crippen LogP contribution is -2.30. The Morgan fingerprint density at radius 3 is 2.75 bits per heavy atom. The second-order valence-electron chi connectivity index (χ2n) is 4.79. The molecule has 1 atom stereocenters. The molecule has 1 N–H and O–H groups in total. The van der Waals surface area contributed by atoms with Crippen molar-refractivity contribution in [1.29, 1.82) is 0 Å². The summed E-state index contributed by atoms with van der Waals surface area (Å²) in [5.41, 5.74) is 1.08. The van der Waals surface area contributed by atoms with E-state index in [2.05, 4.69) is 10.4 Å². The zero-order chi connectivity index (χ0) is 14.2. The fourth-order valence-electron chi connectivity index (χ4n) is 2.27. The maximum Gasteiger partial charge on any atom is 0.227 e. The van der Waals surface area contributed by atoms with E-state index in [9.17, 15) is 4.79 Å². The molecule has 1 unspecified atom stereocenters. The standard InChI is InChI=1S/C16H21N3O/c1-2-15(14-8-4-3-5-9-14)16(20)17-10-6-12-19-13-7-11-18-19/h3-5,7-9,11,13,15H,2,6,10,12H2,1H3,(H,17,20). The highest BCUT2D eigenvalue weighted by Crippen LogP contribution is 2.18. The molecule has 2 rings (SSSR count). The van der Waals surface area contributed by atoms with Gasteiger partial charge in [0.15, 0.2) is 0 Å². The second kappa shape index (κ2) is 7.48. The van der Waals surface area contributed by atoms with Crippen molar-refractivity contribution in [3.05, 3.63) is 54.4 Å². The molecule has 1 aromatic carbocycles. The Hall–Kier alpha value is -2.10. The van der Waals surface area contributed by atoms with Crippen LogP contribution in [0.2, 0.25) is 0 Å². The molecule has 0 aliphatic rings. The van der Waals surface area contributed by atoms with E-state index in [1.807, 2.05) is 54.2 Å². The molecule has 0 saturated carbocycles. The molecule has 1 heterocycles. The summed E-state index contributed by atoms with van der Waals surface area (Å²) in [6, 6.07) is 11.8. The van der Waals surface area contributed by atoms with Crippen LogP contribution in [-0.2, 0) is 11.3 Å². The topological polar surface area (TPSA) is 46.9 Å². The van der Waals surface area contributed by atoms with Crippen LogP contribution in [0.15, 0.2) is 48.8 Å². The first-order valence-corrected chi connectivity index (χ1v) is 7.11. The highest BCUT2D eigenvalue weighted by Gasteiger charge is 2.17. The number of rotatable bonds is 7. The molecule has 0 saturated heterocycles. The number of hydrogen-bond acceptors (Lipinski definition) is 2. The number of nitrogens with zero attached hydrogens (tertiary/aromatic N) is 2. The minimum absolute atomic E-state index is 0.0547. The Morgan fingerprint density at radius 1 is 1.30 bits per heavy atom. The molecule has 4 nitrogen and oxygen atoms in total. The number of nitrogens with one attached hydrogen (secondary N) is 1. The third-order valence-electron chi connectivity index (χ3n) is 3.35. The molecule has 0 aliphatic carbocycles. The monoisotopic (exact) mass is 271 g/mol. The molecular weight excluding hydrogens is 250 g/mol. The van der Waals surface area contributed by atoms with Crippen molar-refractivity contribution >= 4 is 5.91 Å². The number of carbonyl (C=O) groups excluding carboxylic acids is 1. The Kier molecular flexibility index (Phi) is 5.35. The minimum Gasteiger partial charge on any atom is -0.356 e. The van der Waals surface area contributed by atoms with Crippen LogP contribution < -0.4 is 5.32 Å². The number of aryl methyl sites for hydroxylation is 1. The van der Waals surface area contributed by atoms with Gasteiger partial charge < -0.3 is 5.32 Å². The van der Waals surface area contributed by atoms with E-state index in [1.54, 1.807) is 6.20 Å². The van der Waals surface area contributed by atoms with Gasteiger partial charge in [-0.05, 0) is 24.5 Å². The minimum atomic E-state index is -0.0547. The van der Waals surface area contributed by atoms with E-state index < -0.39 is 0 Å². The molecule has 2 aromatic rings. The smallest absolute Gasteiger partial charge is 0.227 e. The van der Waals surface area contributed by atoms with Crippen LogP contribution in [0.25, 0.3) is 0 Å². The van der Waals surface area contributed by atoms with Gasteiger partial charge in [0.2, 0.25) is 5.91 Å². The van der Waals surface area contributed by atoms with E-state index in [4.69, 9.17) is 0 Å². The summed E-state index contributed by atoms with van der Waals surface area (Å²) in [6.07, 6.45) is 5.40. The quantitative estimate of drug-likeness (QED) is 0.787. The first-order chi connectivity index (χ1) is 9.81. The number of carbonyl (C=O) groups is 1. The van der Waals surface area contributed by atoms with Crippen LogP contribution in [0.1, 0.15) is 31.2 Å². The molecular formula is C16H21N3O. The van der Waals surface area contributed by atoms with Crippen molar-refractivity contribution in [2.75, 3.05) is 6.54 Å². The van der Waals surface area contributed by atoms with Crippen LogP contribution in [-0.4, -0.2) is 22.2 Å². The van der Waals surface area contributed by atoms with E-state index >= 15 is 0 Å². The molecule has 106 valence electrons. The summed E-state index contributed by atoms with van der Waals surface area (Å²) >= 11 is 0. The normalized spacial score (nSPS) is 12.1. The maximum atomic E-state index is 12.2. The van der Waals surface area contributed by atoms with Crippen molar-refractivity contribution in [2.24, 2.45) is 0 Å². The van der Waals surface area contributed by atoms with Gasteiger partial charge in [0.05, 0.1) is 5.92 Å². The van der Waals surface area contributed by atoms with Crippen LogP contribution >= 0.6 is 0 Å². The van der Waals surface area contributed by atoms with E-state index in [0.29, 0.717) is 6.54 Å². The third-order valence-corrected chi connectivity index (χ3v) is 3.35. The average molecular weight is 271 g/mol. The first kappa shape index (κ1) is 14.3. The SMILES string of the molecule is CCC(C(=O)NCCCn1cccn1)c1ccccc1. The number of aromatic nitrogens is 2. The van der Waals surface area contributed by atoms with Crippen molar-refractivity contribution in [1.82, 2.24) is 15.1 Å². The van der Waals surface area contributed by atoms with Crippen LogP contribution in [0.4, 0.5) is 0 Å². The van der Waals surface area contributed by atoms with Crippen molar-refractivity contribution in [2.45, 2.75) is 32.2 Å². The Bertz CT molecular complexity index is 508. The third kappa shape index (κ3) is 3.95. The number of amides is 1. The van der Waals surface area contributed by atoms with Gasteiger partial charge in [0, 0.05) is 25.5 Å². The van der Waals surface area contributed by atoms with Crippen LogP contribution in [0.3, 0.4) is 0 Å². The van der Waals surface area contributed by atoms with Crippen molar-refractivity contribution in [3.8, 4) is 0 Å². The summed E-state index contributed by atoms with van der Waals surface area (Å²) in [7, 11) is 0. The lowest BCUT2D eigenvalue weighted by atomic mass is 9.96. The van der Waals surface area contributed by atoms with E-state index in [-0.39, 0.29) is 11.8 Å². The summed E-state index contributed by atoms with van der Waals surface area (Å²) in [5, 5.41) is 7.15. The second-order valence-corrected chi connectivity index (χ2v) is 4.79. The summed E-state index contributed by atoms with van der Waals surface area (Å²) in [6.45, 7) is 3.55. The molecule has 4 heteroatoms. The Morgan fingerprint density at radius 2 is 2.10 bits per heavy atom. The molecule has 0 radical (unpaired) electrons. The average Bonchev–Trinajstić information content (AvgIpc) is 2.99. The predicted molar refractivity (Wildman–Crippen MR) is 79.3 cm³/mol. The summed E-state index contributed by atoms with van der Waals surface area (Å²) in [5.74, 6) is 0.0556. The van der Waals surface area contributed by atoms with Gasteiger partial charge in [-0.25, -0.2) is 0 Å². The summed E-state index contributed by atoms with van der Waals surface area (Å²) in [4.78, 5) is 12.2. The maximum absolute atomic E-state index is 12.2. The molecule has 0 fully saturated rings. The van der Waals surface area contributed by atoms with Gasteiger partial charge >= 0.3 is 0 Å². The van der Waals surface area contributed by atoms with Gasteiger partial charge in [-0.1, -0.05) is 37.3 Å². The zero-order valence-corrected chi connectivity index (χ0v) is 11.8. The highest BCUT2D eigenvalue weighted by atomic mass is 16.1.